The van der Waals surface area contributed by atoms with E-state index >= 15 is 0 Å². The lowest BCUT2D eigenvalue weighted by Gasteiger charge is -1.88. The quantitative estimate of drug-likeness (QED) is 0.668. The Balaban J connectivity index is 3.69. The fourth-order valence-corrected chi connectivity index (χ4v) is 1.04. The van der Waals surface area contributed by atoms with Gasteiger partial charge in [-0.1, -0.05) is 0 Å². The highest BCUT2D eigenvalue weighted by Crippen LogP contribution is 2.17. The van der Waals surface area contributed by atoms with Crippen molar-refractivity contribution in [2.75, 3.05) is 0 Å². The van der Waals surface area contributed by atoms with Crippen molar-refractivity contribution in [2.45, 2.75) is 13.8 Å². The van der Waals surface area contributed by atoms with Crippen molar-refractivity contribution >= 4 is 5.69 Å². The average molecular weight is 179 g/mol. The topological polar surface area (TPSA) is 66.7 Å². The van der Waals surface area contributed by atoms with Gasteiger partial charge in [-0.3, -0.25) is 4.79 Å². The van der Waals surface area contributed by atoms with Gasteiger partial charge in [-0.2, -0.15) is 0 Å². The molecule has 1 aromatic carbocycles. The Morgan fingerprint density at radius 1 is 1.23 bits per heavy atom. The summed E-state index contributed by atoms with van der Waals surface area (Å²) < 4.78 is 0. The summed E-state index contributed by atoms with van der Waals surface area (Å²) in [5.41, 5.74) is 0.340. The van der Waals surface area contributed by atoms with Gasteiger partial charge in [0.2, 0.25) is 5.43 Å². The van der Waals surface area contributed by atoms with Crippen LogP contribution in [0.1, 0.15) is 11.1 Å². The van der Waals surface area contributed by atoms with E-state index < -0.39 is 5.43 Å². The molecular formula is C9H9NO3. The maximum atomic E-state index is 11.3. The van der Waals surface area contributed by atoms with Crippen LogP contribution in [0.5, 0.6) is 5.75 Å². The van der Waals surface area contributed by atoms with E-state index in [1.807, 2.05) is 0 Å². The van der Waals surface area contributed by atoms with Crippen LogP contribution in [0.2, 0.25) is 0 Å². The summed E-state index contributed by atoms with van der Waals surface area (Å²) >= 11 is 0. The molecule has 4 heteroatoms. The Kier molecular flexibility index (Phi) is 2.41. The number of aryl methyl sites for hydroxylation is 2. The van der Waals surface area contributed by atoms with Crippen molar-refractivity contribution in [1.82, 2.24) is 0 Å². The highest BCUT2D eigenvalue weighted by atomic mass is 16.3. The molecule has 0 saturated heterocycles. The number of hydrogen-bond acceptors (Lipinski definition) is 4. The van der Waals surface area contributed by atoms with E-state index in [-0.39, 0.29) is 11.4 Å². The van der Waals surface area contributed by atoms with E-state index in [4.69, 9.17) is 0 Å². The van der Waals surface area contributed by atoms with Crippen LogP contribution in [0.4, 0.5) is 5.69 Å². The highest BCUT2D eigenvalue weighted by molar-refractivity contribution is 5.46. The van der Waals surface area contributed by atoms with Crippen molar-refractivity contribution in [3.8, 4) is 5.75 Å². The molecule has 0 aromatic heterocycles. The summed E-state index contributed by atoms with van der Waals surface area (Å²) in [6, 6.07) is 2.72. The van der Waals surface area contributed by atoms with E-state index in [0.717, 1.165) is 0 Å². The molecule has 0 saturated carbocycles. The Labute approximate surface area is 74.8 Å². The molecule has 0 aliphatic rings. The number of hydrogen-bond donors (Lipinski definition) is 1. The molecule has 0 aliphatic carbocycles. The molecule has 0 heterocycles. The van der Waals surface area contributed by atoms with Crippen LogP contribution >= 0.6 is 0 Å². The maximum Gasteiger partial charge on any atom is 0.223 e. The molecule has 13 heavy (non-hydrogen) atoms. The number of aromatic hydroxyl groups is 1. The Hall–Kier alpha value is -1.71. The number of nitroso groups, excluding NO2 is 1. The maximum absolute atomic E-state index is 11.3. The Morgan fingerprint density at radius 2 is 1.77 bits per heavy atom. The van der Waals surface area contributed by atoms with Crippen molar-refractivity contribution in [1.29, 1.82) is 0 Å². The lowest BCUT2D eigenvalue weighted by atomic mass is 10.2. The predicted octanol–water partition coefficient (Wildman–Crippen LogP) is 1.77. The predicted molar refractivity (Wildman–Crippen MR) is 49.3 cm³/mol. The van der Waals surface area contributed by atoms with Crippen LogP contribution in [0.25, 0.3) is 0 Å². The SMILES string of the molecule is Cc1cc(N=O)cc(C)c(=O)c1O. The van der Waals surface area contributed by atoms with Gasteiger partial charge in [0.05, 0.1) is 0 Å². The van der Waals surface area contributed by atoms with E-state index in [0.29, 0.717) is 11.1 Å². The van der Waals surface area contributed by atoms with E-state index in [2.05, 4.69) is 5.18 Å². The first-order valence-electron chi connectivity index (χ1n) is 3.74. The Bertz CT molecular complexity index is 412. The van der Waals surface area contributed by atoms with Crippen molar-refractivity contribution in [2.24, 2.45) is 5.18 Å². The fourth-order valence-electron chi connectivity index (χ4n) is 1.04. The first-order chi connectivity index (χ1) is 6.06. The third-order valence-corrected chi connectivity index (χ3v) is 1.78. The molecule has 1 aromatic rings. The average Bonchev–Trinajstić information content (AvgIpc) is 2.20. The second-order valence-corrected chi connectivity index (χ2v) is 2.85. The van der Waals surface area contributed by atoms with Crippen molar-refractivity contribution < 1.29 is 5.11 Å². The smallest absolute Gasteiger partial charge is 0.223 e. The molecular weight excluding hydrogens is 170 g/mol. The summed E-state index contributed by atoms with van der Waals surface area (Å²) in [6.07, 6.45) is 0. The first kappa shape index (κ1) is 9.38. The molecule has 0 spiro atoms. The van der Waals surface area contributed by atoms with Gasteiger partial charge in [0, 0.05) is 5.56 Å². The number of nitrogens with zero attached hydrogens (tertiary/aromatic N) is 1. The normalized spacial score (nSPS) is 9.69. The van der Waals surface area contributed by atoms with Gasteiger partial charge < -0.3 is 5.11 Å². The van der Waals surface area contributed by atoms with Gasteiger partial charge in [0.1, 0.15) is 5.69 Å². The number of rotatable bonds is 1. The van der Waals surface area contributed by atoms with Crippen molar-refractivity contribution in [3.05, 3.63) is 38.4 Å². The highest BCUT2D eigenvalue weighted by Gasteiger charge is 2.04. The van der Waals surface area contributed by atoms with Crippen LogP contribution in [-0.2, 0) is 0 Å². The fraction of sp³-hybridized carbons (Fsp3) is 0.222. The van der Waals surface area contributed by atoms with Crippen LogP contribution in [0, 0.1) is 18.8 Å². The second-order valence-electron chi connectivity index (χ2n) is 2.85. The summed E-state index contributed by atoms with van der Waals surface area (Å²) in [7, 11) is 0. The minimum Gasteiger partial charge on any atom is -0.504 e. The molecule has 1 N–H and O–H groups in total. The zero-order valence-electron chi connectivity index (χ0n) is 7.37. The Morgan fingerprint density at radius 3 is 2.31 bits per heavy atom. The molecule has 4 nitrogen and oxygen atoms in total. The van der Waals surface area contributed by atoms with Gasteiger partial charge in [-0.05, 0) is 36.7 Å². The molecule has 0 radical (unpaired) electrons. The van der Waals surface area contributed by atoms with Gasteiger partial charge >= 0.3 is 0 Å². The standard InChI is InChI=1S/C9H9NO3/c1-5-3-7(10-13)4-6(2)9(12)8(5)11/h3-4H,1-2H3,(H,11,12). The van der Waals surface area contributed by atoms with E-state index in [1.54, 1.807) is 6.92 Å². The second kappa shape index (κ2) is 3.35. The summed E-state index contributed by atoms with van der Waals surface area (Å²) in [5.74, 6) is -0.326. The minimum absolute atomic E-state index is 0.146. The monoisotopic (exact) mass is 179 g/mol. The van der Waals surface area contributed by atoms with Gasteiger partial charge in [-0.15, -0.1) is 4.91 Å². The van der Waals surface area contributed by atoms with E-state index in [1.165, 1.54) is 19.1 Å². The zero-order valence-corrected chi connectivity index (χ0v) is 7.37. The third-order valence-electron chi connectivity index (χ3n) is 1.78. The summed E-state index contributed by atoms with van der Waals surface area (Å²) in [6.45, 7) is 3.07. The summed E-state index contributed by atoms with van der Waals surface area (Å²) in [5, 5.41) is 12.0. The first-order valence-corrected chi connectivity index (χ1v) is 3.74. The third kappa shape index (κ3) is 1.72. The van der Waals surface area contributed by atoms with E-state index in [9.17, 15) is 14.8 Å². The van der Waals surface area contributed by atoms with Crippen LogP contribution in [-0.4, -0.2) is 5.11 Å². The van der Waals surface area contributed by atoms with Gasteiger partial charge in [-0.25, -0.2) is 0 Å². The van der Waals surface area contributed by atoms with Crippen molar-refractivity contribution in [3.63, 3.8) is 0 Å². The molecule has 0 unspecified atom stereocenters. The lowest BCUT2D eigenvalue weighted by molar-refractivity contribution is 0.466. The minimum atomic E-state index is -0.465. The molecule has 1 rings (SSSR count). The molecule has 68 valence electrons. The van der Waals surface area contributed by atoms with Crippen LogP contribution in [0.15, 0.2) is 22.1 Å². The van der Waals surface area contributed by atoms with Crippen LogP contribution < -0.4 is 5.43 Å². The molecule has 0 fully saturated rings. The van der Waals surface area contributed by atoms with Gasteiger partial charge in [0.25, 0.3) is 0 Å². The summed E-state index contributed by atoms with van der Waals surface area (Å²) in [4.78, 5) is 21.5. The molecule has 0 aliphatic heterocycles. The lowest BCUT2D eigenvalue weighted by Crippen LogP contribution is -2.00. The van der Waals surface area contributed by atoms with Gasteiger partial charge in [0.15, 0.2) is 5.75 Å². The van der Waals surface area contributed by atoms with Crippen LogP contribution in [0.3, 0.4) is 0 Å². The molecule has 0 bridgehead atoms. The molecule has 0 atom stereocenters. The zero-order chi connectivity index (χ0) is 10.0. The largest absolute Gasteiger partial charge is 0.504 e. The molecule has 0 amide bonds.